The molecule has 0 aromatic rings. The van der Waals surface area contributed by atoms with E-state index in [2.05, 4.69) is 8.52 Å². The lowest BCUT2D eigenvalue weighted by Gasteiger charge is -1.74. The van der Waals surface area contributed by atoms with Gasteiger partial charge in [0, 0.05) is 18.6 Å². The average molecular weight is 210 g/mol. The Labute approximate surface area is 57.2 Å². The third kappa shape index (κ3) is 5.94. The number of hydrogen-bond acceptors (Lipinski definition) is 2. The second-order valence-electron chi connectivity index (χ2n) is 0.832. The van der Waals surface area contributed by atoms with E-state index >= 15 is 0 Å². The van der Waals surface area contributed by atoms with E-state index in [-0.39, 0.29) is 0 Å². The van der Waals surface area contributed by atoms with Crippen molar-refractivity contribution in [2.45, 2.75) is 6.92 Å². The van der Waals surface area contributed by atoms with E-state index in [0.717, 1.165) is 0 Å². The zero-order chi connectivity index (χ0) is 5.54. The Morgan fingerprint density at radius 1 is 1.71 bits per heavy atom. The lowest BCUT2D eigenvalue weighted by atomic mass is 10.8. The largest absolute Gasteiger partial charge is 0.333 e. The molecule has 0 aromatic carbocycles. The first-order valence-electron chi connectivity index (χ1n) is 1.90. The molecule has 0 atom stereocenters. The van der Waals surface area contributed by atoms with E-state index in [4.69, 9.17) is 0 Å². The van der Waals surface area contributed by atoms with Gasteiger partial charge in [-0.2, -0.15) is 0 Å². The maximum atomic E-state index is 3.79. The fourth-order valence-electron chi connectivity index (χ4n) is 0.157. The minimum Gasteiger partial charge on any atom is -0.333 e. The van der Waals surface area contributed by atoms with Crippen molar-refractivity contribution >= 4 is 29.1 Å². The van der Waals surface area contributed by atoms with Gasteiger partial charge in [0.1, 0.15) is 0 Å². The summed E-state index contributed by atoms with van der Waals surface area (Å²) in [5.41, 5.74) is 0. The molecule has 1 N–H and O–H groups in total. The van der Waals surface area contributed by atoms with Crippen molar-refractivity contribution in [1.82, 2.24) is 3.53 Å². The molecule has 2 nitrogen and oxygen atoms in total. The van der Waals surface area contributed by atoms with E-state index in [0.29, 0.717) is 0 Å². The molecule has 0 rings (SSSR count). The van der Waals surface area contributed by atoms with Crippen LogP contribution in [-0.2, 0) is 0 Å². The van der Waals surface area contributed by atoms with E-state index in [1.165, 1.54) is 0 Å². The van der Waals surface area contributed by atoms with Crippen LogP contribution in [0.5, 0.6) is 0 Å². The maximum Gasteiger partial charge on any atom is 0.0555 e. The molecule has 0 saturated heterocycles. The number of halogens is 1. The van der Waals surface area contributed by atoms with Gasteiger partial charge in [-0.1, -0.05) is 0 Å². The summed E-state index contributed by atoms with van der Waals surface area (Å²) < 4.78 is 2.78. The fraction of sp³-hybridized carbons (Fsp3) is 0.250. The molecule has 0 heterocycles. The quantitative estimate of drug-likeness (QED) is 0.416. The summed E-state index contributed by atoms with van der Waals surface area (Å²) in [6, 6.07) is 0. The van der Waals surface area contributed by atoms with Gasteiger partial charge in [-0.05, 0) is 6.92 Å². The molecular weight excluding hydrogens is 203 g/mol. The van der Waals surface area contributed by atoms with Crippen LogP contribution in [0.15, 0.2) is 17.4 Å². The maximum absolute atomic E-state index is 3.79. The Balaban J connectivity index is 3.09. The molecule has 0 spiro atoms. The van der Waals surface area contributed by atoms with Crippen LogP contribution in [0, 0.1) is 0 Å². The minimum atomic E-state index is 1.69. The Morgan fingerprint density at radius 2 is 2.43 bits per heavy atom. The van der Waals surface area contributed by atoms with E-state index in [9.17, 15) is 0 Å². The molecule has 0 aliphatic carbocycles. The molecule has 0 fully saturated rings. The smallest absolute Gasteiger partial charge is 0.0555 e. The van der Waals surface area contributed by atoms with Crippen molar-refractivity contribution in [3.05, 3.63) is 12.4 Å². The lowest BCUT2D eigenvalue weighted by molar-refractivity contribution is 1.43. The predicted molar refractivity (Wildman–Crippen MR) is 40.5 cm³/mol. The zero-order valence-electron chi connectivity index (χ0n) is 4.06. The van der Waals surface area contributed by atoms with Gasteiger partial charge < -0.3 is 3.53 Å². The molecule has 0 amide bonds. The highest BCUT2D eigenvalue weighted by molar-refractivity contribution is 14.1. The molecular formula is C4H7IN2. The average Bonchev–Trinajstić information content (AvgIpc) is 1.69. The summed E-state index contributed by atoms with van der Waals surface area (Å²) in [6.07, 6.45) is 5.16. The van der Waals surface area contributed by atoms with Crippen LogP contribution in [0.1, 0.15) is 6.92 Å². The van der Waals surface area contributed by atoms with Crippen LogP contribution in [-0.4, -0.2) is 6.21 Å². The van der Waals surface area contributed by atoms with Crippen LogP contribution in [0.3, 0.4) is 0 Å². The molecule has 7 heavy (non-hydrogen) atoms. The first kappa shape index (κ1) is 6.94. The van der Waals surface area contributed by atoms with Gasteiger partial charge in [-0.25, -0.2) is 0 Å². The van der Waals surface area contributed by atoms with Gasteiger partial charge >= 0.3 is 0 Å². The van der Waals surface area contributed by atoms with Crippen molar-refractivity contribution in [2.24, 2.45) is 4.99 Å². The molecule has 0 aromatic heterocycles. The first-order chi connectivity index (χ1) is 3.41. The van der Waals surface area contributed by atoms with Gasteiger partial charge in [-0.15, -0.1) is 0 Å². The summed E-state index contributed by atoms with van der Waals surface area (Å²) in [6.45, 7) is 1.87. The van der Waals surface area contributed by atoms with Gasteiger partial charge in [0.25, 0.3) is 0 Å². The molecule has 0 bridgehead atoms. The highest BCUT2D eigenvalue weighted by Crippen LogP contribution is 1.71. The normalized spacial score (nSPS) is 11.1. The standard InChI is InChI=1S/C4H7IN2/c1-2-6-3-4-7-5/h2-4,7H,1H3/b4-3-,6-2+. The second-order valence-corrected chi connectivity index (χ2v) is 1.45. The summed E-state index contributed by atoms with van der Waals surface area (Å²) in [5, 5.41) is 0. The van der Waals surface area contributed by atoms with Gasteiger partial charge in [0.05, 0.1) is 22.9 Å². The van der Waals surface area contributed by atoms with E-state index in [1.807, 2.05) is 29.8 Å². The van der Waals surface area contributed by atoms with Gasteiger partial charge in [-0.3, -0.25) is 4.99 Å². The number of aliphatic imine (C=N–C) groups is 1. The van der Waals surface area contributed by atoms with Crippen molar-refractivity contribution in [3.8, 4) is 0 Å². The molecule has 3 heteroatoms. The monoisotopic (exact) mass is 210 g/mol. The molecule has 0 aliphatic heterocycles. The van der Waals surface area contributed by atoms with Crippen molar-refractivity contribution in [2.75, 3.05) is 0 Å². The molecule has 0 unspecified atom stereocenters. The highest BCUT2D eigenvalue weighted by Gasteiger charge is 1.55. The third-order valence-electron chi connectivity index (χ3n) is 0.373. The SMILES string of the molecule is C/C=N/C=C\NI. The topological polar surface area (TPSA) is 24.4 Å². The predicted octanol–water partition coefficient (Wildman–Crippen LogP) is 1.49. The van der Waals surface area contributed by atoms with Crippen molar-refractivity contribution < 1.29 is 0 Å². The van der Waals surface area contributed by atoms with E-state index in [1.54, 1.807) is 18.6 Å². The summed E-state index contributed by atoms with van der Waals surface area (Å²) >= 11 is 2.02. The van der Waals surface area contributed by atoms with Crippen LogP contribution in [0.2, 0.25) is 0 Å². The second kappa shape index (κ2) is 5.94. The summed E-state index contributed by atoms with van der Waals surface area (Å²) in [4.78, 5) is 3.79. The zero-order valence-corrected chi connectivity index (χ0v) is 6.21. The van der Waals surface area contributed by atoms with Crippen LogP contribution >= 0.6 is 22.9 Å². The van der Waals surface area contributed by atoms with Crippen LogP contribution in [0.25, 0.3) is 0 Å². The van der Waals surface area contributed by atoms with Crippen LogP contribution in [0.4, 0.5) is 0 Å². The Bertz CT molecular complexity index is 77.8. The Morgan fingerprint density at radius 3 is 2.86 bits per heavy atom. The fourth-order valence-corrected chi connectivity index (χ4v) is 0.318. The molecule has 40 valence electrons. The third-order valence-corrected chi connectivity index (χ3v) is 0.732. The number of nitrogens with zero attached hydrogens (tertiary/aromatic N) is 1. The van der Waals surface area contributed by atoms with Crippen molar-refractivity contribution in [1.29, 1.82) is 0 Å². The van der Waals surface area contributed by atoms with Crippen LogP contribution < -0.4 is 3.53 Å². The van der Waals surface area contributed by atoms with Gasteiger partial charge in [0.15, 0.2) is 0 Å². The minimum absolute atomic E-state index is 1.69. The number of hydrogen-bond donors (Lipinski definition) is 1. The highest BCUT2D eigenvalue weighted by atomic mass is 127. The summed E-state index contributed by atoms with van der Waals surface area (Å²) in [5.74, 6) is 0. The lowest BCUT2D eigenvalue weighted by Crippen LogP contribution is -1.76. The van der Waals surface area contributed by atoms with E-state index < -0.39 is 0 Å². The first-order valence-corrected chi connectivity index (χ1v) is 2.98. The van der Waals surface area contributed by atoms with Gasteiger partial charge in [0.2, 0.25) is 0 Å². The molecule has 0 saturated carbocycles. The number of nitrogens with one attached hydrogen (secondary N) is 1. The molecule has 0 aliphatic rings. The molecule has 0 radical (unpaired) electrons. The summed E-state index contributed by atoms with van der Waals surface area (Å²) in [7, 11) is 0. The number of rotatable bonds is 2. The Hall–Kier alpha value is -0.0600. The Kier molecular flexibility index (Phi) is 5.89. The van der Waals surface area contributed by atoms with Crippen molar-refractivity contribution in [3.63, 3.8) is 0 Å².